The van der Waals surface area contributed by atoms with Crippen molar-refractivity contribution >= 4 is 20.2 Å². The van der Waals surface area contributed by atoms with Gasteiger partial charge in [-0.25, -0.2) is 0 Å². The van der Waals surface area contributed by atoms with Gasteiger partial charge in [0.15, 0.2) is 0 Å². The predicted octanol–water partition coefficient (Wildman–Crippen LogP) is 2.48. The summed E-state index contributed by atoms with van der Waals surface area (Å²) in [6, 6.07) is 2.10. The van der Waals surface area contributed by atoms with Crippen LogP contribution < -0.4 is 0 Å². The molecule has 0 saturated carbocycles. The van der Waals surface area contributed by atoms with Crippen LogP contribution in [0, 0.1) is 0 Å². The Kier molecular flexibility index (Phi) is 6.65. The average molecular weight is 291 g/mol. The molecule has 0 heterocycles. The van der Waals surface area contributed by atoms with Gasteiger partial charge in [0.05, 0.1) is 0 Å². The Labute approximate surface area is 110 Å². The van der Waals surface area contributed by atoms with E-state index in [1.165, 1.54) is 4.67 Å². The molecule has 0 spiro atoms. The quantitative estimate of drug-likeness (QED) is 0.694. The fraction of sp³-hybridized carbons (Fsp3) is 0.923. The zero-order valence-corrected chi connectivity index (χ0v) is 13.8. The van der Waals surface area contributed by atoms with Crippen LogP contribution >= 0.6 is 0 Å². The molecule has 0 aliphatic heterocycles. The second kappa shape index (κ2) is 6.66. The van der Waals surface area contributed by atoms with Crippen LogP contribution in [-0.4, -0.2) is 54.2 Å². The van der Waals surface area contributed by atoms with Gasteiger partial charge in [0.1, 0.15) is 0 Å². The van der Waals surface area contributed by atoms with Gasteiger partial charge in [-0.05, 0) is 0 Å². The van der Waals surface area contributed by atoms with Gasteiger partial charge >= 0.3 is 110 Å². The molecule has 0 aromatic heterocycles. The molecule has 16 heavy (non-hydrogen) atoms. The second-order valence-corrected chi connectivity index (χ2v) is 6.24. The van der Waals surface area contributed by atoms with E-state index >= 15 is 0 Å². The molecule has 0 aliphatic carbocycles. The molecule has 0 aliphatic rings. The molecule has 0 saturated heterocycles. The predicted molar refractivity (Wildman–Crippen MR) is 75.0 cm³/mol. The van der Waals surface area contributed by atoms with Crippen molar-refractivity contribution in [3.63, 3.8) is 0 Å². The van der Waals surface area contributed by atoms with E-state index in [1.54, 1.807) is 0 Å². The molecule has 0 radical (unpaired) electrons. The summed E-state index contributed by atoms with van der Waals surface area (Å²) < 4.78 is 1.27. The molecular weight excluding hydrogens is 263 g/mol. The summed E-state index contributed by atoms with van der Waals surface area (Å²) >= 11 is 3.27. The molecule has 0 bridgehead atoms. The zero-order chi connectivity index (χ0) is 13.0. The van der Waals surface area contributed by atoms with Gasteiger partial charge in [-0.15, -0.1) is 0 Å². The van der Waals surface area contributed by atoms with Crippen LogP contribution in [-0.2, 0) is 0 Å². The summed E-state index contributed by atoms with van der Waals surface area (Å²) in [6.07, 6.45) is 0. The standard InChI is InChI=1S/C13H28N2Se/c1-9(2)14(10(3)4)13(16)15(11(5)6)12(7)8/h9-12H,1-8H3. The second-order valence-electron chi connectivity index (χ2n) is 5.47. The van der Waals surface area contributed by atoms with Crippen LogP contribution in [0.2, 0.25) is 0 Å². The fourth-order valence-corrected chi connectivity index (χ4v) is 3.98. The van der Waals surface area contributed by atoms with Crippen molar-refractivity contribution < 1.29 is 0 Å². The molecule has 0 atom stereocenters. The van der Waals surface area contributed by atoms with Gasteiger partial charge in [-0.2, -0.15) is 0 Å². The van der Waals surface area contributed by atoms with Gasteiger partial charge < -0.3 is 0 Å². The van der Waals surface area contributed by atoms with E-state index in [0.29, 0.717) is 24.2 Å². The third-order valence-electron chi connectivity index (χ3n) is 2.67. The number of hydrogen-bond donors (Lipinski definition) is 0. The first-order chi connectivity index (χ1) is 7.20. The van der Waals surface area contributed by atoms with E-state index < -0.39 is 0 Å². The van der Waals surface area contributed by atoms with Crippen LogP contribution in [0.15, 0.2) is 0 Å². The minimum absolute atomic E-state index is 0.524. The Morgan fingerprint density at radius 1 is 0.625 bits per heavy atom. The van der Waals surface area contributed by atoms with E-state index in [9.17, 15) is 0 Å². The first kappa shape index (κ1) is 16.0. The van der Waals surface area contributed by atoms with Gasteiger partial charge in [0.2, 0.25) is 0 Å². The monoisotopic (exact) mass is 292 g/mol. The average Bonchev–Trinajstić information content (AvgIpc) is 1.99. The molecule has 0 N–H and O–H groups in total. The van der Waals surface area contributed by atoms with E-state index in [2.05, 4.69) is 80.8 Å². The van der Waals surface area contributed by atoms with E-state index in [0.717, 1.165) is 0 Å². The molecule has 0 amide bonds. The van der Waals surface area contributed by atoms with Gasteiger partial charge in [-0.1, -0.05) is 0 Å². The van der Waals surface area contributed by atoms with E-state index in [-0.39, 0.29) is 0 Å². The molecule has 0 unspecified atom stereocenters. The summed E-state index contributed by atoms with van der Waals surface area (Å²) in [5.41, 5.74) is 0. The van der Waals surface area contributed by atoms with Crippen molar-refractivity contribution in [2.45, 2.75) is 79.6 Å². The SMILES string of the molecule is CC(C)N(C(=[Se])N(C(C)C)C(C)C)C(C)C. The third kappa shape index (κ3) is 4.10. The molecule has 0 aromatic carbocycles. The van der Waals surface area contributed by atoms with Gasteiger partial charge in [-0.3, -0.25) is 0 Å². The van der Waals surface area contributed by atoms with E-state index in [1.807, 2.05) is 0 Å². The van der Waals surface area contributed by atoms with Crippen molar-refractivity contribution in [1.29, 1.82) is 0 Å². The molecule has 3 heteroatoms. The zero-order valence-electron chi connectivity index (χ0n) is 12.1. The van der Waals surface area contributed by atoms with Crippen LogP contribution in [0.4, 0.5) is 0 Å². The molecular formula is C13H28N2Se. The van der Waals surface area contributed by atoms with Crippen molar-refractivity contribution in [2.75, 3.05) is 0 Å². The van der Waals surface area contributed by atoms with Crippen LogP contribution in [0.1, 0.15) is 55.4 Å². The van der Waals surface area contributed by atoms with Crippen molar-refractivity contribution in [3.8, 4) is 0 Å². The Morgan fingerprint density at radius 2 is 0.812 bits per heavy atom. The molecule has 0 rings (SSSR count). The van der Waals surface area contributed by atoms with Crippen molar-refractivity contribution in [2.24, 2.45) is 0 Å². The number of rotatable bonds is 6. The fourth-order valence-electron chi connectivity index (χ4n) is 2.21. The summed E-state index contributed by atoms with van der Waals surface area (Å²) in [6.45, 7) is 18.0. The third-order valence-corrected chi connectivity index (χ3v) is 3.55. The van der Waals surface area contributed by atoms with E-state index in [4.69, 9.17) is 0 Å². The first-order valence-electron chi connectivity index (χ1n) is 6.30. The normalized spacial score (nSPS) is 11.8. The Morgan fingerprint density at radius 3 is 0.938 bits per heavy atom. The summed E-state index contributed by atoms with van der Waals surface area (Å²) in [5.74, 6) is 0. The first-order valence-corrected chi connectivity index (χ1v) is 7.16. The maximum absolute atomic E-state index is 3.27. The van der Waals surface area contributed by atoms with Crippen LogP contribution in [0.25, 0.3) is 0 Å². The maximum atomic E-state index is 3.27. The summed E-state index contributed by atoms with van der Waals surface area (Å²) in [5, 5.41) is 0. The summed E-state index contributed by atoms with van der Waals surface area (Å²) in [7, 11) is 0. The Hall–Kier alpha value is -0.0105. The molecule has 96 valence electrons. The van der Waals surface area contributed by atoms with Gasteiger partial charge in [0.25, 0.3) is 0 Å². The minimum atomic E-state index is 0.524. The van der Waals surface area contributed by atoms with Crippen LogP contribution in [0.5, 0.6) is 0 Å². The number of hydrogen-bond acceptors (Lipinski definition) is 2. The van der Waals surface area contributed by atoms with Crippen LogP contribution in [0.3, 0.4) is 0 Å². The molecule has 0 aromatic rings. The van der Waals surface area contributed by atoms with Crippen molar-refractivity contribution in [1.82, 2.24) is 9.80 Å². The number of nitrogens with zero attached hydrogens (tertiary/aromatic N) is 2. The summed E-state index contributed by atoms with van der Waals surface area (Å²) in [4.78, 5) is 4.89. The molecule has 0 fully saturated rings. The Balaban J connectivity index is 4.96. The van der Waals surface area contributed by atoms with Gasteiger partial charge in [0, 0.05) is 0 Å². The molecule has 2 nitrogen and oxygen atoms in total. The topological polar surface area (TPSA) is 6.48 Å². The Bertz CT molecular complexity index is 184. The van der Waals surface area contributed by atoms with Crippen molar-refractivity contribution in [3.05, 3.63) is 0 Å².